The number of likely N-dealkylation sites (tertiary alicyclic amines) is 1. The largest absolute Gasteiger partial charge is 0.385 e. The van der Waals surface area contributed by atoms with Gasteiger partial charge in [0.25, 0.3) is 0 Å². The van der Waals surface area contributed by atoms with E-state index in [1.807, 2.05) is 0 Å². The summed E-state index contributed by atoms with van der Waals surface area (Å²) in [4.78, 5) is 2.57. The van der Waals surface area contributed by atoms with Crippen LogP contribution in [0.15, 0.2) is 24.3 Å². The highest BCUT2D eigenvalue weighted by Crippen LogP contribution is 2.23. The number of anilines is 1. The lowest BCUT2D eigenvalue weighted by molar-refractivity contribution is 0.331. The molecule has 21 heavy (non-hydrogen) atoms. The summed E-state index contributed by atoms with van der Waals surface area (Å²) in [6.07, 6.45) is 11.3. The molecule has 3 rings (SSSR count). The quantitative estimate of drug-likeness (QED) is 0.792. The summed E-state index contributed by atoms with van der Waals surface area (Å²) in [7, 11) is 0. The molecule has 1 heterocycles. The first-order valence-corrected chi connectivity index (χ1v) is 8.95. The third-order valence-electron chi connectivity index (χ3n) is 5.10. The third kappa shape index (κ3) is 4.74. The number of nitrogens with one attached hydrogen (secondary N) is 1. The van der Waals surface area contributed by atoms with Crippen molar-refractivity contribution in [2.45, 2.75) is 57.9 Å². The van der Waals surface area contributed by atoms with Gasteiger partial charge in [-0.05, 0) is 62.4 Å². The zero-order chi connectivity index (χ0) is 14.3. The molecule has 2 aliphatic rings. The van der Waals surface area contributed by atoms with Gasteiger partial charge in [0.15, 0.2) is 0 Å². The van der Waals surface area contributed by atoms with Crippen LogP contribution in [0.5, 0.6) is 0 Å². The van der Waals surface area contributed by atoms with Crippen LogP contribution < -0.4 is 5.32 Å². The van der Waals surface area contributed by atoms with Crippen LogP contribution in [-0.4, -0.2) is 24.5 Å². The van der Waals surface area contributed by atoms with Crippen LogP contribution in [0.3, 0.4) is 0 Å². The maximum Gasteiger partial charge on any atom is 0.0343 e. The molecule has 2 fully saturated rings. The van der Waals surface area contributed by atoms with Crippen LogP contribution in [0.1, 0.15) is 56.9 Å². The van der Waals surface area contributed by atoms with Crippen molar-refractivity contribution < 1.29 is 0 Å². The molecule has 0 radical (unpaired) electrons. The van der Waals surface area contributed by atoms with Gasteiger partial charge in [0.1, 0.15) is 0 Å². The van der Waals surface area contributed by atoms with Crippen LogP contribution in [0.25, 0.3) is 0 Å². The Balaban J connectivity index is 1.50. The van der Waals surface area contributed by atoms with Crippen LogP contribution >= 0.6 is 0 Å². The molecular weight excluding hydrogens is 256 g/mol. The molecule has 0 spiro atoms. The highest BCUT2D eigenvalue weighted by molar-refractivity contribution is 5.45. The summed E-state index contributed by atoms with van der Waals surface area (Å²) in [5, 5.41) is 3.69. The summed E-state index contributed by atoms with van der Waals surface area (Å²) >= 11 is 0. The van der Waals surface area contributed by atoms with Crippen molar-refractivity contribution in [1.29, 1.82) is 0 Å². The second-order valence-corrected chi connectivity index (χ2v) is 6.92. The fraction of sp³-hybridized carbons (Fsp3) is 0.684. The van der Waals surface area contributed by atoms with Gasteiger partial charge in [-0.1, -0.05) is 37.8 Å². The predicted octanol–water partition coefficient (Wildman–Crippen LogP) is 4.66. The van der Waals surface area contributed by atoms with Crippen molar-refractivity contribution in [3.8, 4) is 0 Å². The molecule has 1 aromatic carbocycles. The van der Waals surface area contributed by atoms with Gasteiger partial charge in [0, 0.05) is 18.8 Å². The van der Waals surface area contributed by atoms with E-state index in [2.05, 4.69) is 34.5 Å². The Bertz CT molecular complexity index is 415. The first kappa shape index (κ1) is 14.9. The molecule has 1 N–H and O–H groups in total. The Morgan fingerprint density at radius 2 is 1.71 bits per heavy atom. The molecule has 116 valence electrons. The molecule has 0 atom stereocenters. The summed E-state index contributed by atoms with van der Waals surface area (Å²) in [6, 6.07) is 9.06. The third-order valence-corrected chi connectivity index (χ3v) is 5.10. The van der Waals surface area contributed by atoms with E-state index in [1.165, 1.54) is 75.7 Å². The van der Waals surface area contributed by atoms with Crippen molar-refractivity contribution in [3.63, 3.8) is 0 Å². The van der Waals surface area contributed by atoms with Gasteiger partial charge in [-0.25, -0.2) is 0 Å². The van der Waals surface area contributed by atoms with Crippen molar-refractivity contribution in [2.75, 3.05) is 25.0 Å². The first-order chi connectivity index (χ1) is 10.4. The average Bonchev–Trinajstić information content (AvgIpc) is 2.87. The minimum Gasteiger partial charge on any atom is -0.385 e. The predicted molar refractivity (Wildman–Crippen MR) is 90.6 cm³/mol. The normalized spacial score (nSPS) is 21.3. The van der Waals surface area contributed by atoms with Gasteiger partial charge < -0.3 is 5.32 Å². The summed E-state index contributed by atoms with van der Waals surface area (Å²) in [6.45, 7) is 4.84. The minimum absolute atomic E-state index is 0.884. The topological polar surface area (TPSA) is 15.3 Å². The molecule has 2 nitrogen and oxygen atoms in total. The Hall–Kier alpha value is -1.02. The monoisotopic (exact) mass is 286 g/mol. The highest BCUT2D eigenvalue weighted by atomic mass is 15.1. The van der Waals surface area contributed by atoms with Gasteiger partial charge >= 0.3 is 0 Å². The Kier molecular flexibility index (Phi) is 5.56. The zero-order valence-electron chi connectivity index (χ0n) is 13.3. The lowest BCUT2D eigenvalue weighted by Gasteiger charge is -2.18. The maximum atomic E-state index is 3.69. The second kappa shape index (κ2) is 7.84. The second-order valence-electron chi connectivity index (χ2n) is 6.92. The minimum atomic E-state index is 0.884. The maximum absolute atomic E-state index is 3.69. The SMILES string of the molecule is c1cc(CN2CCCC2)cc(NCC2CCCCCC2)c1. The van der Waals surface area contributed by atoms with E-state index in [9.17, 15) is 0 Å². The Labute approximate surface area is 129 Å². The summed E-state index contributed by atoms with van der Waals surface area (Å²) in [5.74, 6) is 0.884. The van der Waals surface area contributed by atoms with Crippen molar-refractivity contribution in [1.82, 2.24) is 4.90 Å². The summed E-state index contributed by atoms with van der Waals surface area (Å²) in [5.41, 5.74) is 2.78. The van der Waals surface area contributed by atoms with E-state index in [0.29, 0.717) is 0 Å². The Morgan fingerprint density at radius 1 is 0.952 bits per heavy atom. The number of benzene rings is 1. The van der Waals surface area contributed by atoms with Crippen LogP contribution in [-0.2, 0) is 6.54 Å². The zero-order valence-corrected chi connectivity index (χ0v) is 13.3. The molecule has 0 unspecified atom stereocenters. The van der Waals surface area contributed by atoms with Gasteiger partial charge in [0.05, 0.1) is 0 Å². The van der Waals surface area contributed by atoms with Gasteiger partial charge in [0.2, 0.25) is 0 Å². The van der Waals surface area contributed by atoms with Crippen molar-refractivity contribution >= 4 is 5.69 Å². The van der Waals surface area contributed by atoms with E-state index >= 15 is 0 Å². The van der Waals surface area contributed by atoms with E-state index in [4.69, 9.17) is 0 Å². The lowest BCUT2D eigenvalue weighted by atomic mass is 10.0. The molecule has 0 aromatic heterocycles. The van der Waals surface area contributed by atoms with E-state index in [0.717, 1.165) is 19.0 Å². The highest BCUT2D eigenvalue weighted by Gasteiger charge is 2.13. The van der Waals surface area contributed by atoms with Crippen LogP contribution in [0.4, 0.5) is 5.69 Å². The van der Waals surface area contributed by atoms with Crippen molar-refractivity contribution in [2.24, 2.45) is 5.92 Å². The van der Waals surface area contributed by atoms with Crippen LogP contribution in [0, 0.1) is 5.92 Å². The van der Waals surface area contributed by atoms with Gasteiger partial charge in [-0.2, -0.15) is 0 Å². The molecule has 1 aromatic rings. The van der Waals surface area contributed by atoms with E-state index in [-0.39, 0.29) is 0 Å². The fourth-order valence-corrected chi connectivity index (χ4v) is 3.81. The number of hydrogen-bond donors (Lipinski definition) is 1. The number of hydrogen-bond acceptors (Lipinski definition) is 2. The average molecular weight is 286 g/mol. The van der Waals surface area contributed by atoms with E-state index in [1.54, 1.807) is 0 Å². The van der Waals surface area contributed by atoms with Crippen LogP contribution in [0.2, 0.25) is 0 Å². The molecule has 0 amide bonds. The number of rotatable bonds is 5. The van der Waals surface area contributed by atoms with E-state index < -0.39 is 0 Å². The van der Waals surface area contributed by atoms with Crippen molar-refractivity contribution in [3.05, 3.63) is 29.8 Å². The van der Waals surface area contributed by atoms with Gasteiger partial charge in [-0.3, -0.25) is 4.90 Å². The summed E-state index contributed by atoms with van der Waals surface area (Å²) < 4.78 is 0. The molecule has 1 saturated heterocycles. The van der Waals surface area contributed by atoms with Gasteiger partial charge in [-0.15, -0.1) is 0 Å². The number of nitrogens with zero attached hydrogens (tertiary/aromatic N) is 1. The standard InChI is InChI=1S/C19H30N2/c1-2-4-9-17(8-3-1)15-20-19-11-7-10-18(14-19)16-21-12-5-6-13-21/h7,10-11,14,17,20H,1-6,8-9,12-13,15-16H2. The molecule has 2 heteroatoms. The molecular formula is C19H30N2. The molecule has 0 bridgehead atoms. The fourth-order valence-electron chi connectivity index (χ4n) is 3.81. The Morgan fingerprint density at radius 3 is 2.48 bits per heavy atom. The molecule has 1 aliphatic carbocycles. The smallest absolute Gasteiger partial charge is 0.0343 e. The lowest BCUT2D eigenvalue weighted by Crippen LogP contribution is -2.18. The molecule has 1 saturated carbocycles. The molecule has 1 aliphatic heterocycles. The first-order valence-electron chi connectivity index (χ1n) is 8.95.